The molecule has 2 aromatic heterocycles. The largest absolute Gasteiger partial charge is 0.497 e. The van der Waals surface area contributed by atoms with Crippen LogP contribution in [0.4, 0.5) is 0 Å². The fourth-order valence-corrected chi connectivity index (χ4v) is 2.39. The minimum Gasteiger partial charge on any atom is -0.497 e. The Morgan fingerprint density at radius 3 is 2.83 bits per heavy atom. The highest BCUT2D eigenvalue weighted by atomic mass is 79.9. The van der Waals surface area contributed by atoms with Gasteiger partial charge >= 0.3 is 0 Å². The van der Waals surface area contributed by atoms with Gasteiger partial charge in [0.05, 0.1) is 19.2 Å². The molecule has 8 nitrogen and oxygen atoms in total. The van der Waals surface area contributed by atoms with Gasteiger partial charge in [0, 0.05) is 10.5 Å². The van der Waals surface area contributed by atoms with Crippen LogP contribution in [0, 0.1) is 6.92 Å². The topological polar surface area (TPSA) is 103 Å². The Morgan fingerprint density at radius 1 is 1.29 bits per heavy atom. The first kappa shape index (κ1) is 16.2. The van der Waals surface area contributed by atoms with Crippen LogP contribution in [0.1, 0.15) is 22.0 Å². The molecular formula is C15H13BrN4O4. The van der Waals surface area contributed by atoms with Crippen molar-refractivity contribution in [2.45, 2.75) is 13.5 Å². The molecule has 0 radical (unpaired) electrons. The minimum absolute atomic E-state index is 0.0896. The van der Waals surface area contributed by atoms with Crippen LogP contribution in [0.5, 0.6) is 5.75 Å². The maximum atomic E-state index is 12.3. The quantitative estimate of drug-likeness (QED) is 0.711. The van der Waals surface area contributed by atoms with Crippen molar-refractivity contribution in [3.8, 4) is 17.3 Å². The molecule has 0 fully saturated rings. The predicted molar refractivity (Wildman–Crippen MR) is 86.4 cm³/mol. The number of nitrogens with zero attached hydrogens (tertiary/aromatic N) is 3. The van der Waals surface area contributed by atoms with Crippen LogP contribution in [0.2, 0.25) is 0 Å². The molecule has 124 valence electrons. The van der Waals surface area contributed by atoms with E-state index in [-0.39, 0.29) is 18.3 Å². The first-order valence-electron chi connectivity index (χ1n) is 6.95. The summed E-state index contributed by atoms with van der Waals surface area (Å²) in [6.45, 7) is 1.86. The molecule has 3 aromatic rings. The molecule has 1 N–H and O–H groups in total. The SMILES string of the molecule is COc1ccc(Br)c(C(=O)NCc2nc(-c3cc(C)on3)no2)c1. The number of methoxy groups -OCH3 is 1. The molecule has 0 saturated carbocycles. The highest BCUT2D eigenvalue weighted by Gasteiger charge is 2.15. The lowest BCUT2D eigenvalue weighted by molar-refractivity contribution is 0.0945. The van der Waals surface area contributed by atoms with Crippen molar-refractivity contribution in [1.29, 1.82) is 0 Å². The molecule has 1 aromatic carbocycles. The molecule has 0 spiro atoms. The van der Waals surface area contributed by atoms with Crippen molar-refractivity contribution in [1.82, 2.24) is 20.6 Å². The summed E-state index contributed by atoms with van der Waals surface area (Å²) >= 11 is 3.34. The molecule has 0 aliphatic rings. The Bertz CT molecular complexity index is 874. The third-order valence-corrected chi connectivity index (χ3v) is 3.83. The van der Waals surface area contributed by atoms with Gasteiger partial charge in [-0.1, -0.05) is 10.3 Å². The van der Waals surface area contributed by atoms with E-state index in [2.05, 4.69) is 36.5 Å². The molecule has 2 heterocycles. The molecule has 24 heavy (non-hydrogen) atoms. The van der Waals surface area contributed by atoms with Gasteiger partial charge in [-0.05, 0) is 41.1 Å². The van der Waals surface area contributed by atoms with E-state index in [0.29, 0.717) is 33.1 Å². The van der Waals surface area contributed by atoms with E-state index >= 15 is 0 Å². The first-order valence-corrected chi connectivity index (χ1v) is 7.74. The van der Waals surface area contributed by atoms with E-state index in [4.69, 9.17) is 13.8 Å². The van der Waals surface area contributed by atoms with Crippen molar-refractivity contribution >= 4 is 21.8 Å². The number of amides is 1. The smallest absolute Gasteiger partial charge is 0.252 e. The van der Waals surface area contributed by atoms with Crippen LogP contribution >= 0.6 is 15.9 Å². The average Bonchev–Trinajstić information content (AvgIpc) is 3.22. The van der Waals surface area contributed by atoms with E-state index in [0.717, 1.165) is 0 Å². The standard InChI is InChI=1S/C15H13BrN4O4/c1-8-5-12(19-23-8)14-18-13(24-20-14)7-17-15(21)10-6-9(22-2)3-4-11(10)16/h3-6H,7H2,1-2H3,(H,17,21). The summed E-state index contributed by atoms with van der Waals surface area (Å²) in [5, 5.41) is 10.3. The van der Waals surface area contributed by atoms with Gasteiger partial charge < -0.3 is 19.1 Å². The summed E-state index contributed by atoms with van der Waals surface area (Å²) in [7, 11) is 1.54. The molecule has 3 rings (SSSR count). The zero-order valence-corrected chi connectivity index (χ0v) is 14.5. The van der Waals surface area contributed by atoms with Crippen molar-refractivity contribution in [3.63, 3.8) is 0 Å². The van der Waals surface area contributed by atoms with Crippen LogP contribution in [-0.2, 0) is 6.54 Å². The van der Waals surface area contributed by atoms with E-state index < -0.39 is 0 Å². The number of carbonyl (C=O) groups is 1. The van der Waals surface area contributed by atoms with E-state index in [1.807, 2.05) is 0 Å². The number of rotatable bonds is 5. The summed E-state index contributed by atoms with van der Waals surface area (Å²) in [5.74, 6) is 1.51. The maximum absolute atomic E-state index is 12.3. The van der Waals surface area contributed by atoms with E-state index in [9.17, 15) is 4.79 Å². The average molecular weight is 393 g/mol. The number of benzene rings is 1. The van der Waals surface area contributed by atoms with Gasteiger partial charge in [-0.2, -0.15) is 4.98 Å². The predicted octanol–water partition coefficient (Wildman–Crippen LogP) is 2.73. The lowest BCUT2D eigenvalue weighted by Gasteiger charge is -2.07. The zero-order chi connectivity index (χ0) is 17.1. The fourth-order valence-electron chi connectivity index (χ4n) is 1.96. The lowest BCUT2D eigenvalue weighted by atomic mass is 10.2. The maximum Gasteiger partial charge on any atom is 0.252 e. The molecular weight excluding hydrogens is 380 g/mol. The number of halogens is 1. The molecule has 0 saturated heterocycles. The van der Waals surface area contributed by atoms with Crippen LogP contribution in [-0.4, -0.2) is 28.3 Å². The lowest BCUT2D eigenvalue weighted by Crippen LogP contribution is -2.23. The number of nitrogens with one attached hydrogen (secondary N) is 1. The molecule has 9 heteroatoms. The van der Waals surface area contributed by atoms with Crippen molar-refractivity contribution in [3.05, 3.63) is 46.0 Å². The fraction of sp³-hybridized carbons (Fsp3) is 0.200. The van der Waals surface area contributed by atoms with Crippen LogP contribution in [0.25, 0.3) is 11.5 Å². The van der Waals surface area contributed by atoms with Crippen LogP contribution in [0.15, 0.2) is 37.8 Å². The summed E-state index contributed by atoms with van der Waals surface area (Å²) in [6, 6.07) is 6.83. The zero-order valence-electron chi connectivity index (χ0n) is 12.9. The summed E-state index contributed by atoms with van der Waals surface area (Å²) < 4.78 is 15.8. The Balaban J connectivity index is 1.68. The van der Waals surface area contributed by atoms with Gasteiger partial charge in [0.25, 0.3) is 5.91 Å². The number of ether oxygens (including phenoxy) is 1. The van der Waals surface area contributed by atoms with Crippen LogP contribution < -0.4 is 10.1 Å². The number of hydrogen-bond acceptors (Lipinski definition) is 7. The first-order chi connectivity index (χ1) is 11.6. The number of aryl methyl sites for hydroxylation is 1. The Morgan fingerprint density at radius 2 is 2.12 bits per heavy atom. The summed E-state index contributed by atoms with van der Waals surface area (Å²) in [5.41, 5.74) is 0.922. The number of carbonyl (C=O) groups excluding carboxylic acids is 1. The molecule has 0 atom stereocenters. The van der Waals surface area contributed by atoms with Gasteiger partial charge in [0.15, 0.2) is 5.69 Å². The summed E-state index contributed by atoms with van der Waals surface area (Å²) in [6.07, 6.45) is 0. The van der Waals surface area contributed by atoms with E-state index in [1.54, 1.807) is 31.2 Å². The normalized spacial score (nSPS) is 10.6. The van der Waals surface area contributed by atoms with Gasteiger partial charge in [-0.15, -0.1) is 0 Å². The third kappa shape index (κ3) is 3.46. The van der Waals surface area contributed by atoms with E-state index in [1.165, 1.54) is 7.11 Å². The minimum atomic E-state index is -0.294. The second-order valence-corrected chi connectivity index (χ2v) is 5.72. The second-order valence-electron chi connectivity index (χ2n) is 4.86. The highest BCUT2D eigenvalue weighted by molar-refractivity contribution is 9.10. The Labute approximate surface area is 145 Å². The third-order valence-electron chi connectivity index (χ3n) is 3.14. The number of hydrogen-bond donors (Lipinski definition) is 1. The second kappa shape index (κ2) is 6.83. The van der Waals surface area contributed by atoms with Gasteiger partial charge in [0.2, 0.25) is 11.7 Å². The van der Waals surface area contributed by atoms with Gasteiger partial charge in [-0.3, -0.25) is 4.79 Å². The van der Waals surface area contributed by atoms with Gasteiger partial charge in [0.1, 0.15) is 11.5 Å². The Hall–Kier alpha value is -2.68. The molecule has 0 aliphatic carbocycles. The van der Waals surface area contributed by atoms with Crippen LogP contribution in [0.3, 0.4) is 0 Å². The molecule has 0 unspecified atom stereocenters. The molecule has 0 bridgehead atoms. The molecule has 0 aliphatic heterocycles. The highest BCUT2D eigenvalue weighted by Crippen LogP contribution is 2.22. The number of aromatic nitrogens is 3. The molecule has 1 amide bonds. The van der Waals surface area contributed by atoms with Gasteiger partial charge in [-0.25, -0.2) is 0 Å². The monoisotopic (exact) mass is 392 g/mol. The van der Waals surface area contributed by atoms with Crippen molar-refractivity contribution in [2.75, 3.05) is 7.11 Å². The summed E-state index contributed by atoms with van der Waals surface area (Å²) in [4.78, 5) is 16.4. The van der Waals surface area contributed by atoms with Crippen molar-refractivity contribution in [2.24, 2.45) is 0 Å². The Kier molecular flexibility index (Phi) is 4.61. The van der Waals surface area contributed by atoms with Crippen molar-refractivity contribution < 1.29 is 18.6 Å².